The van der Waals surface area contributed by atoms with E-state index >= 15 is 0 Å². The number of aliphatic hydroxyl groups is 1. The molecule has 0 unspecified atom stereocenters. The van der Waals surface area contributed by atoms with Crippen LogP contribution in [0.2, 0.25) is 0 Å². The van der Waals surface area contributed by atoms with Crippen molar-refractivity contribution < 1.29 is 5.11 Å². The molecule has 2 nitrogen and oxygen atoms in total. The van der Waals surface area contributed by atoms with Gasteiger partial charge >= 0.3 is 0 Å². The van der Waals surface area contributed by atoms with E-state index in [0.717, 1.165) is 6.42 Å². The number of rotatable bonds is 5. The van der Waals surface area contributed by atoms with Crippen LogP contribution >= 0.6 is 0 Å². The number of benzene rings is 1. The zero-order valence-corrected chi connectivity index (χ0v) is 10.2. The smallest absolute Gasteiger partial charge is 0.0636 e. The van der Waals surface area contributed by atoms with Crippen LogP contribution in [0.3, 0.4) is 0 Å². The van der Waals surface area contributed by atoms with Crippen molar-refractivity contribution >= 4 is 6.21 Å². The van der Waals surface area contributed by atoms with Gasteiger partial charge in [0.05, 0.1) is 13.2 Å². The molecule has 1 saturated carbocycles. The molecule has 90 valence electrons. The van der Waals surface area contributed by atoms with Gasteiger partial charge in [0.25, 0.3) is 0 Å². The minimum absolute atomic E-state index is 0.0821. The van der Waals surface area contributed by atoms with Crippen molar-refractivity contribution in [2.75, 3.05) is 6.61 Å². The van der Waals surface area contributed by atoms with Crippen LogP contribution < -0.4 is 0 Å². The molecule has 1 aromatic carbocycles. The first-order chi connectivity index (χ1) is 8.30. The molecular weight excluding hydrogens is 210 g/mol. The van der Waals surface area contributed by atoms with Crippen LogP contribution in [0.15, 0.2) is 47.5 Å². The number of allylic oxidation sites excluding steroid dienone is 2. The molecule has 2 rings (SSSR count). The molecular formula is C15H19NO. The van der Waals surface area contributed by atoms with E-state index in [9.17, 15) is 5.11 Å². The van der Waals surface area contributed by atoms with Crippen molar-refractivity contribution in [1.29, 1.82) is 0 Å². The zero-order valence-electron chi connectivity index (χ0n) is 10.2. The maximum atomic E-state index is 9.43. The molecule has 0 aromatic heterocycles. The molecule has 1 aromatic rings. The Balaban J connectivity index is 1.93. The molecule has 1 aliphatic rings. The van der Waals surface area contributed by atoms with E-state index < -0.39 is 0 Å². The quantitative estimate of drug-likeness (QED) is 0.611. The van der Waals surface area contributed by atoms with Crippen LogP contribution in [0.4, 0.5) is 0 Å². The molecule has 2 atom stereocenters. The number of aliphatic hydroxyl groups excluding tert-OH is 1. The van der Waals surface area contributed by atoms with Crippen molar-refractivity contribution in [3.05, 3.63) is 48.0 Å². The molecule has 1 fully saturated rings. The molecule has 0 bridgehead atoms. The van der Waals surface area contributed by atoms with Gasteiger partial charge in [-0.25, -0.2) is 0 Å². The predicted octanol–water partition coefficient (Wildman–Crippen LogP) is 2.83. The third-order valence-electron chi connectivity index (χ3n) is 3.36. The first-order valence-corrected chi connectivity index (χ1v) is 6.09. The Morgan fingerprint density at radius 2 is 2.18 bits per heavy atom. The maximum Gasteiger partial charge on any atom is 0.0636 e. The van der Waals surface area contributed by atoms with E-state index in [1.54, 1.807) is 0 Å². The second-order valence-electron chi connectivity index (χ2n) is 4.68. The SMILES string of the molecule is C/C=C/[C@H]1C[C@]1(C=NCc1ccccc1)CO. The number of hydrogen-bond acceptors (Lipinski definition) is 2. The van der Waals surface area contributed by atoms with E-state index in [4.69, 9.17) is 0 Å². The lowest BCUT2D eigenvalue weighted by Crippen LogP contribution is -2.11. The van der Waals surface area contributed by atoms with Crippen molar-refractivity contribution in [2.24, 2.45) is 16.3 Å². The molecule has 2 heteroatoms. The second-order valence-corrected chi connectivity index (χ2v) is 4.68. The predicted molar refractivity (Wildman–Crippen MR) is 71.1 cm³/mol. The Morgan fingerprint density at radius 3 is 2.82 bits per heavy atom. The van der Waals surface area contributed by atoms with E-state index in [-0.39, 0.29) is 12.0 Å². The normalized spacial score (nSPS) is 28.0. The third-order valence-corrected chi connectivity index (χ3v) is 3.36. The fourth-order valence-electron chi connectivity index (χ4n) is 2.13. The van der Waals surface area contributed by atoms with Gasteiger partial charge in [-0.3, -0.25) is 4.99 Å². The highest BCUT2D eigenvalue weighted by Gasteiger charge is 2.50. The van der Waals surface area contributed by atoms with Crippen LogP contribution in [0.1, 0.15) is 18.9 Å². The zero-order chi connectivity index (χ0) is 12.1. The van der Waals surface area contributed by atoms with Gasteiger partial charge in [-0.15, -0.1) is 0 Å². The fraction of sp³-hybridized carbons (Fsp3) is 0.400. The second kappa shape index (κ2) is 5.28. The van der Waals surface area contributed by atoms with Gasteiger partial charge in [0.1, 0.15) is 0 Å². The van der Waals surface area contributed by atoms with Crippen molar-refractivity contribution in [3.63, 3.8) is 0 Å². The van der Waals surface area contributed by atoms with Gasteiger partial charge in [0, 0.05) is 11.6 Å². The maximum absolute atomic E-state index is 9.43. The van der Waals surface area contributed by atoms with E-state index in [2.05, 4.69) is 23.2 Å². The lowest BCUT2D eigenvalue weighted by atomic mass is 10.1. The highest BCUT2D eigenvalue weighted by atomic mass is 16.3. The number of aliphatic imine (C=N–C) groups is 1. The number of hydrogen-bond donors (Lipinski definition) is 1. The summed E-state index contributed by atoms with van der Waals surface area (Å²) in [4.78, 5) is 4.46. The molecule has 17 heavy (non-hydrogen) atoms. The molecule has 0 spiro atoms. The Labute approximate surface area is 103 Å². The van der Waals surface area contributed by atoms with Gasteiger partial charge in [-0.1, -0.05) is 42.5 Å². The molecule has 1 aliphatic carbocycles. The first-order valence-electron chi connectivity index (χ1n) is 6.09. The summed E-state index contributed by atoms with van der Waals surface area (Å²) in [6.07, 6.45) is 7.18. The van der Waals surface area contributed by atoms with Crippen LogP contribution in [0.5, 0.6) is 0 Å². The minimum Gasteiger partial charge on any atom is -0.395 e. The molecule has 0 radical (unpaired) electrons. The van der Waals surface area contributed by atoms with Gasteiger partial charge in [-0.2, -0.15) is 0 Å². The Morgan fingerprint density at radius 1 is 1.41 bits per heavy atom. The average Bonchev–Trinajstić information content (AvgIpc) is 3.05. The average molecular weight is 229 g/mol. The summed E-state index contributed by atoms with van der Waals surface area (Å²) in [5.41, 5.74) is 1.13. The largest absolute Gasteiger partial charge is 0.395 e. The number of nitrogens with zero attached hydrogens (tertiary/aromatic N) is 1. The van der Waals surface area contributed by atoms with E-state index in [1.165, 1.54) is 5.56 Å². The molecule has 0 amide bonds. The molecule has 0 aliphatic heterocycles. The highest BCUT2D eigenvalue weighted by molar-refractivity contribution is 5.71. The summed E-state index contributed by atoms with van der Waals surface area (Å²) in [5.74, 6) is 0.469. The minimum atomic E-state index is -0.0821. The third kappa shape index (κ3) is 2.83. The van der Waals surface area contributed by atoms with Crippen LogP contribution in [-0.4, -0.2) is 17.9 Å². The molecule has 1 N–H and O–H groups in total. The van der Waals surface area contributed by atoms with Gasteiger partial charge in [-0.05, 0) is 24.8 Å². The van der Waals surface area contributed by atoms with Crippen LogP contribution in [0, 0.1) is 11.3 Å². The Hall–Kier alpha value is -1.41. The fourth-order valence-corrected chi connectivity index (χ4v) is 2.13. The van der Waals surface area contributed by atoms with Crippen LogP contribution in [-0.2, 0) is 6.54 Å². The van der Waals surface area contributed by atoms with E-state index in [1.807, 2.05) is 37.4 Å². The summed E-state index contributed by atoms with van der Waals surface area (Å²) in [5, 5.41) is 9.43. The summed E-state index contributed by atoms with van der Waals surface area (Å²) in [6.45, 7) is 2.91. The lowest BCUT2D eigenvalue weighted by molar-refractivity contribution is 0.248. The highest BCUT2D eigenvalue weighted by Crippen LogP contribution is 2.51. The standard InChI is InChI=1S/C15H19NO/c1-2-6-14-9-15(14,12-17)11-16-10-13-7-4-3-5-8-13/h2-8,11,14,17H,9-10,12H2,1H3/b6-2+,16-11?/t14-,15-/m0/s1. The molecule has 0 heterocycles. The van der Waals surface area contributed by atoms with Crippen molar-refractivity contribution in [2.45, 2.75) is 19.9 Å². The van der Waals surface area contributed by atoms with Gasteiger partial charge in [0.15, 0.2) is 0 Å². The molecule has 0 saturated heterocycles. The van der Waals surface area contributed by atoms with Gasteiger partial charge < -0.3 is 5.11 Å². The Bertz CT molecular complexity index is 410. The van der Waals surface area contributed by atoms with Crippen molar-refractivity contribution in [3.8, 4) is 0 Å². The monoisotopic (exact) mass is 229 g/mol. The lowest BCUT2D eigenvalue weighted by Gasteiger charge is -2.05. The summed E-state index contributed by atoms with van der Waals surface area (Å²) >= 11 is 0. The summed E-state index contributed by atoms with van der Waals surface area (Å²) in [6, 6.07) is 10.2. The van der Waals surface area contributed by atoms with Crippen molar-refractivity contribution in [1.82, 2.24) is 0 Å². The summed E-state index contributed by atoms with van der Waals surface area (Å²) in [7, 11) is 0. The van der Waals surface area contributed by atoms with Crippen LogP contribution in [0.25, 0.3) is 0 Å². The van der Waals surface area contributed by atoms with Gasteiger partial charge in [0.2, 0.25) is 0 Å². The first kappa shape index (κ1) is 12.1. The van der Waals surface area contributed by atoms with E-state index in [0.29, 0.717) is 12.5 Å². The summed E-state index contributed by atoms with van der Waals surface area (Å²) < 4.78 is 0. The Kier molecular flexibility index (Phi) is 3.75. The topological polar surface area (TPSA) is 32.6 Å².